The van der Waals surface area contributed by atoms with E-state index in [2.05, 4.69) is 10.1 Å². The minimum absolute atomic E-state index is 0.0389. The van der Waals surface area contributed by atoms with Gasteiger partial charge in [0.2, 0.25) is 0 Å². The third-order valence-electron chi connectivity index (χ3n) is 3.25. The van der Waals surface area contributed by atoms with Crippen LogP contribution in [-0.4, -0.2) is 25.8 Å². The third kappa shape index (κ3) is 3.01. The number of aryl methyl sites for hydroxylation is 4. The lowest BCUT2D eigenvalue weighted by Crippen LogP contribution is -2.07. The normalized spacial score (nSPS) is 10.9. The molecule has 1 N–H and O–H groups in total. The van der Waals surface area contributed by atoms with Crippen LogP contribution in [0, 0.1) is 20.8 Å². The lowest BCUT2D eigenvalue weighted by atomic mass is 10.1. The Kier molecular flexibility index (Phi) is 3.99. The molecule has 2 aromatic heterocycles. The number of aromatic nitrogens is 3. The minimum Gasteiger partial charge on any atom is -0.481 e. The molecule has 6 heteroatoms. The standard InChI is InChI=1S/C13H17N3O2S/c1-8-11(6-13(17)18)10(3)16(15-8)5-4-12-9(2)14-7-19-12/h7H,4-6H2,1-3H3,(H,17,18). The van der Waals surface area contributed by atoms with Crippen LogP contribution < -0.4 is 0 Å². The van der Waals surface area contributed by atoms with E-state index in [1.54, 1.807) is 11.3 Å². The highest BCUT2D eigenvalue weighted by Crippen LogP contribution is 2.17. The highest BCUT2D eigenvalue weighted by Gasteiger charge is 2.14. The Balaban J connectivity index is 2.13. The first-order valence-corrected chi connectivity index (χ1v) is 7.00. The van der Waals surface area contributed by atoms with Gasteiger partial charge in [-0.3, -0.25) is 9.48 Å². The summed E-state index contributed by atoms with van der Waals surface area (Å²) in [6.45, 7) is 6.55. The van der Waals surface area contributed by atoms with E-state index in [0.717, 1.165) is 35.6 Å². The lowest BCUT2D eigenvalue weighted by Gasteiger charge is -2.04. The van der Waals surface area contributed by atoms with Gasteiger partial charge in [0.05, 0.1) is 23.3 Å². The molecule has 0 saturated heterocycles. The van der Waals surface area contributed by atoms with Gasteiger partial charge in [0.25, 0.3) is 0 Å². The van der Waals surface area contributed by atoms with Crippen molar-refractivity contribution in [3.8, 4) is 0 Å². The van der Waals surface area contributed by atoms with Gasteiger partial charge in [-0.2, -0.15) is 5.10 Å². The minimum atomic E-state index is -0.816. The van der Waals surface area contributed by atoms with Gasteiger partial charge in [-0.25, -0.2) is 4.98 Å². The van der Waals surface area contributed by atoms with Crippen molar-refractivity contribution in [1.82, 2.24) is 14.8 Å². The second kappa shape index (κ2) is 5.52. The van der Waals surface area contributed by atoms with Gasteiger partial charge in [-0.1, -0.05) is 0 Å². The Labute approximate surface area is 115 Å². The Hall–Kier alpha value is -1.69. The van der Waals surface area contributed by atoms with Crippen molar-refractivity contribution < 1.29 is 9.90 Å². The van der Waals surface area contributed by atoms with Crippen LogP contribution in [0.25, 0.3) is 0 Å². The van der Waals surface area contributed by atoms with Gasteiger partial charge in [0, 0.05) is 29.1 Å². The van der Waals surface area contributed by atoms with Crippen molar-refractivity contribution in [2.75, 3.05) is 0 Å². The summed E-state index contributed by atoms with van der Waals surface area (Å²) in [5.41, 5.74) is 5.50. The summed E-state index contributed by atoms with van der Waals surface area (Å²) in [6.07, 6.45) is 0.919. The number of hydrogen-bond acceptors (Lipinski definition) is 4. The molecule has 0 fully saturated rings. The maximum absolute atomic E-state index is 10.8. The molecule has 0 radical (unpaired) electrons. The number of rotatable bonds is 5. The van der Waals surface area contributed by atoms with Crippen LogP contribution in [0.3, 0.4) is 0 Å². The maximum atomic E-state index is 10.8. The first-order chi connectivity index (χ1) is 8.99. The third-order valence-corrected chi connectivity index (χ3v) is 4.25. The zero-order valence-electron chi connectivity index (χ0n) is 11.3. The van der Waals surface area contributed by atoms with E-state index in [9.17, 15) is 4.79 Å². The van der Waals surface area contributed by atoms with Crippen molar-refractivity contribution in [1.29, 1.82) is 0 Å². The van der Waals surface area contributed by atoms with Crippen LogP contribution in [0.5, 0.6) is 0 Å². The van der Waals surface area contributed by atoms with Crippen molar-refractivity contribution in [3.05, 3.63) is 33.0 Å². The van der Waals surface area contributed by atoms with E-state index in [4.69, 9.17) is 5.11 Å². The molecule has 0 aliphatic rings. The summed E-state index contributed by atoms with van der Waals surface area (Å²) < 4.78 is 1.90. The molecule has 0 saturated carbocycles. The van der Waals surface area contributed by atoms with Crippen molar-refractivity contribution in [2.45, 2.75) is 40.2 Å². The first-order valence-electron chi connectivity index (χ1n) is 6.12. The second-order valence-electron chi connectivity index (χ2n) is 4.55. The summed E-state index contributed by atoms with van der Waals surface area (Å²) in [7, 11) is 0. The molecule has 5 nitrogen and oxygen atoms in total. The number of carboxylic acids is 1. The van der Waals surface area contributed by atoms with Crippen LogP contribution in [0.15, 0.2) is 5.51 Å². The van der Waals surface area contributed by atoms with Crippen LogP contribution >= 0.6 is 11.3 Å². The topological polar surface area (TPSA) is 68.0 Å². The molecule has 0 atom stereocenters. The average molecular weight is 279 g/mol. The second-order valence-corrected chi connectivity index (χ2v) is 5.49. The molecular formula is C13H17N3O2S. The van der Waals surface area contributed by atoms with E-state index in [-0.39, 0.29) is 6.42 Å². The van der Waals surface area contributed by atoms with Crippen molar-refractivity contribution in [2.24, 2.45) is 0 Å². The van der Waals surface area contributed by atoms with Crippen LogP contribution in [0.1, 0.15) is 27.5 Å². The molecular weight excluding hydrogens is 262 g/mol. The first kappa shape index (κ1) is 13.7. The lowest BCUT2D eigenvalue weighted by molar-refractivity contribution is -0.136. The molecule has 0 aliphatic carbocycles. The molecule has 0 unspecified atom stereocenters. The molecule has 0 aliphatic heterocycles. The number of hydrogen-bond donors (Lipinski definition) is 1. The Morgan fingerprint density at radius 2 is 2.11 bits per heavy atom. The van der Waals surface area contributed by atoms with Crippen molar-refractivity contribution >= 4 is 17.3 Å². The monoisotopic (exact) mass is 279 g/mol. The zero-order chi connectivity index (χ0) is 14.0. The fourth-order valence-electron chi connectivity index (χ4n) is 2.13. The summed E-state index contributed by atoms with van der Waals surface area (Å²) in [5, 5.41) is 13.3. The van der Waals surface area contributed by atoms with Crippen LogP contribution in [0.4, 0.5) is 0 Å². The number of aliphatic carboxylic acids is 1. The van der Waals surface area contributed by atoms with Gasteiger partial charge in [-0.15, -0.1) is 11.3 Å². The zero-order valence-corrected chi connectivity index (χ0v) is 12.1. The van der Waals surface area contributed by atoms with Gasteiger partial charge in [0.1, 0.15) is 0 Å². The van der Waals surface area contributed by atoms with Gasteiger partial charge >= 0.3 is 5.97 Å². The smallest absolute Gasteiger partial charge is 0.307 e. The van der Waals surface area contributed by atoms with E-state index >= 15 is 0 Å². The number of nitrogens with zero attached hydrogens (tertiary/aromatic N) is 3. The molecule has 2 heterocycles. The molecule has 0 aromatic carbocycles. The number of carbonyl (C=O) groups is 1. The van der Waals surface area contributed by atoms with Gasteiger partial charge in [-0.05, 0) is 20.8 Å². The van der Waals surface area contributed by atoms with Crippen LogP contribution in [0.2, 0.25) is 0 Å². The number of thiazole rings is 1. The molecule has 0 bridgehead atoms. The van der Waals surface area contributed by atoms with E-state index in [1.165, 1.54) is 4.88 Å². The molecule has 102 valence electrons. The van der Waals surface area contributed by atoms with Crippen molar-refractivity contribution in [3.63, 3.8) is 0 Å². The Morgan fingerprint density at radius 1 is 1.37 bits per heavy atom. The fraction of sp³-hybridized carbons (Fsp3) is 0.462. The average Bonchev–Trinajstić information content (AvgIpc) is 2.85. The highest BCUT2D eigenvalue weighted by atomic mass is 32.1. The number of carboxylic acid groups (broad SMARTS) is 1. The summed E-state index contributed by atoms with van der Waals surface area (Å²) >= 11 is 1.65. The predicted octanol–water partition coefficient (Wildman–Crippen LogP) is 2.13. The molecule has 2 rings (SSSR count). The fourth-order valence-corrected chi connectivity index (χ4v) is 2.90. The van der Waals surface area contributed by atoms with E-state index in [0.29, 0.717) is 0 Å². The van der Waals surface area contributed by atoms with Crippen LogP contribution in [-0.2, 0) is 24.2 Å². The molecule has 0 amide bonds. The summed E-state index contributed by atoms with van der Waals surface area (Å²) in [5.74, 6) is -0.816. The molecule has 0 spiro atoms. The SMILES string of the molecule is Cc1ncsc1CCn1nc(C)c(CC(=O)O)c1C. The molecule has 19 heavy (non-hydrogen) atoms. The highest BCUT2D eigenvalue weighted by molar-refractivity contribution is 7.09. The predicted molar refractivity (Wildman–Crippen MR) is 73.6 cm³/mol. The van der Waals surface area contributed by atoms with E-state index in [1.807, 2.05) is 31.0 Å². The van der Waals surface area contributed by atoms with Gasteiger partial charge in [0.15, 0.2) is 0 Å². The Morgan fingerprint density at radius 3 is 2.68 bits per heavy atom. The summed E-state index contributed by atoms with van der Waals surface area (Å²) in [6, 6.07) is 0. The molecule has 2 aromatic rings. The Bertz CT molecular complexity index is 601. The largest absolute Gasteiger partial charge is 0.481 e. The maximum Gasteiger partial charge on any atom is 0.307 e. The van der Waals surface area contributed by atoms with Gasteiger partial charge < -0.3 is 5.11 Å². The van der Waals surface area contributed by atoms with E-state index < -0.39 is 5.97 Å². The quantitative estimate of drug-likeness (QED) is 0.910. The summed E-state index contributed by atoms with van der Waals surface area (Å²) in [4.78, 5) is 16.3.